The Labute approximate surface area is 153 Å². The number of nitrogens with zero attached hydrogens (tertiary/aromatic N) is 1. The van der Waals surface area contributed by atoms with E-state index in [0.717, 1.165) is 17.1 Å². The highest BCUT2D eigenvalue weighted by Crippen LogP contribution is 2.26. The second-order valence-electron chi connectivity index (χ2n) is 6.20. The van der Waals surface area contributed by atoms with Gasteiger partial charge in [-0.05, 0) is 43.3 Å². The van der Waals surface area contributed by atoms with Crippen LogP contribution in [0, 0.1) is 5.92 Å². The van der Waals surface area contributed by atoms with Gasteiger partial charge in [0.1, 0.15) is 5.75 Å². The minimum absolute atomic E-state index is 0.0735. The molecule has 0 aliphatic carbocycles. The number of hydrogen-bond donors (Lipinski definition) is 2. The van der Waals surface area contributed by atoms with Gasteiger partial charge in [0.25, 0.3) is 0 Å². The number of hydrogen-bond acceptors (Lipinski definition) is 3. The van der Waals surface area contributed by atoms with Crippen molar-refractivity contribution in [3.63, 3.8) is 0 Å². The van der Waals surface area contributed by atoms with Crippen LogP contribution in [0.15, 0.2) is 54.6 Å². The van der Waals surface area contributed by atoms with Gasteiger partial charge in [-0.2, -0.15) is 0 Å². The van der Waals surface area contributed by atoms with Crippen LogP contribution in [0.4, 0.5) is 16.2 Å². The minimum Gasteiger partial charge on any atom is -0.494 e. The van der Waals surface area contributed by atoms with Crippen LogP contribution in [0.3, 0.4) is 0 Å². The van der Waals surface area contributed by atoms with Crippen LogP contribution in [0.25, 0.3) is 0 Å². The Balaban J connectivity index is 1.50. The Morgan fingerprint density at radius 3 is 2.58 bits per heavy atom. The Morgan fingerprint density at radius 1 is 1.15 bits per heavy atom. The molecule has 0 unspecified atom stereocenters. The number of urea groups is 1. The maximum atomic E-state index is 12.3. The van der Waals surface area contributed by atoms with E-state index in [2.05, 4.69) is 10.6 Å². The summed E-state index contributed by atoms with van der Waals surface area (Å²) < 4.78 is 5.43. The van der Waals surface area contributed by atoms with Gasteiger partial charge in [0, 0.05) is 36.8 Å². The fraction of sp³-hybridized carbons (Fsp3) is 0.300. The number of amides is 3. The molecule has 1 aliphatic rings. The molecule has 2 aromatic carbocycles. The summed E-state index contributed by atoms with van der Waals surface area (Å²) in [5, 5.41) is 5.62. The van der Waals surface area contributed by atoms with E-state index in [1.165, 1.54) is 0 Å². The zero-order chi connectivity index (χ0) is 18.4. The van der Waals surface area contributed by atoms with Crippen molar-refractivity contribution < 1.29 is 14.3 Å². The van der Waals surface area contributed by atoms with E-state index in [9.17, 15) is 9.59 Å². The van der Waals surface area contributed by atoms with Crippen molar-refractivity contribution in [1.29, 1.82) is 0 Å². The lowest BCUT2D eigenvalue weighted by molar-refractivity contribution is -0.117. The molecule has 1 atom stereocenters. The van der Waals surface area contributed by atoms with Crippen molar-refractivity contribution >= 4 is 23.3 Å². The van der Waals surface area contributed by atoms with Gasteiger partial charge in [-0.1, -0.05) is 18.2 Å². The number of nitrogens with one attached hydrogen (secondary N) is 2. The third-order valence-corrected chi connectivity index (χ3v) is 4.25. The molecular weight excluding hydrogens is 330 g/mol. The van der Waals surface area contributed by atoms with Gasteiger partial charge < -0.3 is 20.3 Å². The fourth-order valence-electron chi connectivity index (χ4n) is 2.99. The van der Waals surface area contributed by atoms with E-state index in [1.54, 1.807) is 4.90 Å². The number of benzene rings is 2. The molecule has 3 amide bonds. The van der Waals surface area contributed by atoms with E-state index in [0.29, 0.717) is 26.1 Å². The monoisotopic (exact) mass is 353 g/mol. The number of carbonyl (C=O) groups excluding carboxylic acids is 2. The van der Waals surface area contributed by atoms with Crippen molar-refractivity contribution in [2.45, 2.75) is 13.3 Å². The van der Waals surface area contributed by atoms with Gasteiger partial charge >= 0.3 is 6.03 Å². The van der Waals surface area contributed by atoms with E-state index in [1.807, 2.05) is 61.5 Å². The zero-order valence-electron chi connectivity index (χ0n) is 14.8. The first kappa shape index (κ1) is 17.8. The summed E-state index contributed by atoms with van der Waals surface area (Å²) in [7, 11) is 0. The summed E-state index contributed by atoms with van der Waals surface area (Å²) in [6.07, 6.45) is 0.429. The van der Waals surface area contributed by atoms with Crippen molar-refractivity contribution in [2.75, 3.05) is 29.9 Å². The van der Waals surface area contributed by atoms with Crippen molar-refractivity contribution in [2.24, 2.45) is 5.92 Å². The van der Waals surface area contributed by atoms with Crippen LogP contribution in [0.2, 0.25) is 0 Å². The molecule has 26 heavy (non-hydrogen) atoms. The van der Waals surface area contributed by atoms with E-state index < -0.39 is 0 Å². The highest BCUT2D eigenvalue weighted by molar-refractivity contribution is 5.96. The second kappa shape index (κ2) is 8.38. The first-order valence-corrected chi connectivity index (χ1v) is 8.79. The molecule has 1 fully saturated rings. The predicted molar refractivity (Wildman–Crippen MR) is 102 cm³/mol. The molecule has 0 aromatic heterocycles. The SMILES string of the molecule is CCOc1ccc(N2C[C@@H](CNC(=O)Nc3ccccc3)CC2=O)cc1. The van der Waals surface area contributed by atoms with Gasteiger partial charge in [-0.15, -0.1) is 0 Å². The molecular formula is C20H23N3O3. The Kier molecular flexibility index (Phi) is 5.73. The van der Waals surface area contributed by atoms with E-state index in [-0.39, 0.29) is 17.9 Å². The van der Waals surface area contributed by atoms with Crippen molar-refractivity contribution in [1.82, 2.24) is 5.32 Å². The van der Waals surface area contributed by atoms with Crippen LogP contribution >= 0.6 is 0 Å². The number of carbonyl (C=O) groups is 2. The van der Waals surface area contributed by atoms with Crippen LogP contribution < -0.4 is 20.3 Å². The first-order valence-electron chi connectivity index (χ1n) is 8.79. The summed E-state index contributed by atoms with van der Waals surface area (Å²) in [6.45, 7) is 3.60. The summed E-state index contributed by atoms with van der Waals surface area (Å²) in [5.41, 5.74) is 1.60. The molecule has 3 rings (SSSR count). The van der Waals surface area contributed by atoms with E-state index in [4.69, 9.17) is 4.74 Å². The molecule has 0 bridgehead atoms. The summed E-state index contributed by atoms with van der Waals surface area (Å²) in [6, 6.07) is 16.5. The van der Waals surface area contributed by atoms with E-state index >= 15 is 0 Å². The lowest BCUT2D eigenvalue weighted by Crippen LogP contribution is -2.34. The van der Waals surface area contributed by atoms with Crippen LogP contribution in [-0.4, -0.2) is 31.6 Å². The van der Waals surface area contributed by atoms with Crippen molar-refractivity contribution in [3.05, 3.63) is 54.6 Å². The van der Waals surface area contributed by atoms with Gasteiger partial charge in [-0.25, -0.2) is 4.79 Å². The fourth-order valence-corrected chi connectivity index (χ4v) is 2.99. The molecule has 0 saturated carbocycles. The maximum Gasteiger partial charge on any atom is 0.319 e. The predicted octanol–water partition coefficient (Wildman–Crippen LogP) is 3.26. The van der Waals surface area contributed by atoms with Crippen LogP contribution in [-0.2, 0) is 4.79 Å². The normalized spacial score (nSPS) is 16.4. The van der Waals surface area contributed by atoms with Gasteiger partial charge in [0.15, 0.2) is 0 Å². The Morgan fingerprint density at radius 2 is 1.88 bits per heavy atom. The zero-order valence-corrected chi connectivity index (χ0v) is 14.8. The standard InChI is InChI=1S/C20H23N3O3/c1-2-26-18-10-8-17(9-11-18)23-14-15(12-19(23)24)13-21-20(25)22-16-6-4-3-5-7-16/h3-11,15H,2,12-14H2,1H3,(H2,21,22,25)/t15-/m1/s1. The molecule has 136 valence electrons. The molecule has 1 aliphatic heterocycles. The Hall–Kier alpha value is -3.02. The number of rotatable bonds is 6. The second-order valence-corrected chi connectivity index (χ2v) is 6.20. The summed E-state index contributed by atoms with van der Waals surface area (Å²) in [5.74, 6) is 0.957. The number of para-hydroxylation sites is 1. The highest BCUT2D eigenvalue weighted by atomic mass is 16.5. The Bertz CT molecular complexity index is 747. The number of anilines is 2. The minimum atomic E-state index is -0.261. The molecule has 0 spiro atoms. The topological polar surface area (TPSA) is 70.7 Å². The average Bonchev–Trinajstić information content (AvgIpc) is 3.03. The third kappa shape index (κ3) is 4.53. The summed E-state index contributed by atoms with van der Waals surface area (Å²) >= 11 is 0. The smallest absolute Gasteiger partial charge is 0.319 e. The van der Waals surface area contributed by atoms with Crippen LogP contribution in [0.5, 0.6) is 5.75 Å². The maximum absolute atomic E-state index is 12.3. The highest BCUT2D eigenvalue weighted by Gasteiger charge is 2.30. The van der Waals surface area contributed by atoms with Crippen LogP contribution in [0.1, 0.15) is 13.3 Å². The lowest BCUT2D eigenvalue weighted by atomic mass is 10.1. The third-order valence-electron chi connectivity index (χ3n) is 4.25. The largest absolute Gasteiger partial charge is 0.494 e. The molecule has 0 radical (unpaired) electrons. The average molecular weight is 353 g/mol. The lowest BCUT2D eigenvalue weighted by Gasteiger charge is -2.17. The van der Waals surface area contributed by atoms with Gasteiger partial charge in [0.05, 0.1) is 6.61 Å². The summed E-state index contributed by atoms with van der Waals surface area (Å²) in [4.78, 5) is 26.0. The number of ether oxygens (including phenoxy) is 1. The molecule has 2 aromatic rings. The molecule has 2 N–H and O–H groups in total. The molecule has 6 heteroatoms. The molecule has 1 saturated heterocycles. The quantitative estimate of drug-likeness (QED) is 0.837. The molecule has 6 nitrogen and oxygen atoms in total. The van der Waals surface area contributed by atoms with Gasteiger partial charge in [0.2, 0.25) is 5.91 Å². The van der Waals surface area contributed by atoms with Crippen molar-refractivity contribution in [3.8, 4) is 5.75 Å². The van der Waals surface area contributed by atoms with Gasteiger partial charge in [-0.3, -0.25) is 4.79 Å². The first-order chi connectivity index (χ1) is 12.7. The molecule has 1 heterocycles.